The Morgan fingerprint density at radius 1 is 0.298 bits per heavy atom. The van der Waals surface area contributed by atoms with Gasteiger partial charge in [0.15, 0.2) is 0 Å². The second-order valence-electron chi connectivity index (χ2n) is 13.2. The molecule has 3 aromatic heterocycles. The number of hydrogen-bond donors (Lipinski definition) is 0. The van der Waals surface area contributed by atoms with Gasteiger partial charge in [-0.15, -0.1) is 0 Å². The Morgan fingerprint density at radius 3 is 1.16 bits per heavy atom. The topological polar surface area (TPSA) is 14.8 Å². The van der Waals surface area contributed by atoms with Gasteiger partial charge in [0.1, 0.15) is 0 Å². The third kappa shape index (κ3) is 4.60. The zero-order valence-electron chi connectivity index (χ0n) is 51.3. The summed E-state index contributed by atoms with van der Waals surface area (Å²) in [6.45, 7) is 0. The van der Waals surface area contributed by atoms with Gasteiger partial charge >= 0.3 is 0 Å². The molecule has 0 radical (unpaired) electrons. The number of nitrogens with zero attached hydrogens (tertiary/aromatic N) is 3. The van der Waals surface area contributed by atoms with E-state index < -0.39 is 188 Å². The van der Waals surface area contributed by atoms with Gasteiger partial charge in [0.05, 0.1) is 80.3 Å². The molecule has 3 heterocycles. The van der Waals surface area contributed by atoms with Gasteiger partial charge in [0.25, 0.3) is 0 Å². The monoisotopic (exact) mass is 747 g/mol. The first-order chi connectivity index (χ1) is 37.5. The Bertz CT molecular complexity index is 4660. The normalized spacial score (nSPS) is 17.3. The molecule has 3 nitrogen and oxygen atoms in total. The first-order valence-electron chi connectivity index (χ1n) is 28.8. The van der Waals surface area contributed by atoms with E-state index in [2.05, 4.69) is 0 Å². The molecule has 0 atom stereocenters. The van der Waals surface area contributed by atoms with Crippen LogP contribution in [0.4, 0.5) is 0 Å². The molecule has 9 aromatic carbocycles. The molecule has 0 bridgehead atoms. The van der Waals surface area contributed by atoms with Crippen molar-refractivity contribution in [3.05, 3.63) is 212 Å². The lowest BCUT2D eigenvalue weighted by Gasteiger charge is -2.21. The van der Waals surface area contributed by atoms with Crippen molar-refractivity contribution in [2.75, 3.05) is 0 Å². The summed E-state index contributed by atoms with van der Waals surface area (Å²) < 4.78 is 209. The molecule has 0 saturated carbocycles. The fourth-order valence-electron chi connectivity index (χ4n) is 8.01. The van der Waals surface area contributed by atoms with Crippen LogP contribution in [-0.4, -0.2) is 13.7 Å². The number of benzene rings is 9. The maximum Gasteiger partial charge on any atom is 0.0783 e. The molecule has 0 amide bonds. The van der Waals surface area contributed by atoms with Gasteiger partial charge < -0.3 is 13.7 Å². The summed E-state index contributed by atoms with van der Waals surface area (Å²) in [7, 11) is 0. The number of hydrogen-bond acceptors (Lipinski definition) is 0. The van der Waals surface area contributed by atoms with E-state index in [-0.39, 0.29) is 27.5 Å². The molecular weight excluding hydrogens is 691 g/mol. The molecule has 0 spiro atoms. The Balaban J connectivity index is 1.47. The maximum atomic E-state index is 10.2. The van der Waals surface area contributed by atoms with E-state index in [9.17, 15) is 19.2 Å². The highest BCUT2D eigenvalue weighted by molar-refractivity contribution is 6.18. The third-order valence-corrected chi connectivity index (χ3v) is 10.3. The highest BCUT2D eigenvalue weighted by Gasteiger charge is 2.25. The molecule has 0 aliphatic rings. The molecule has 266 valence electrons. The lowest BCUT2D eigenvalue weighted by molar-refractivity contribution is 1.11. The van der Waals surface area contributed by atoms with Crippen LogP contribution in [0.5, 0.6) is 0 Å². The van der Waals surface area contributed by atoms with Crippen LogP contribution in [0.15, 0.2) is 212 Å². The van der Waals surface area contributed by atoms with E-state index in [4.69, 9.17) is 11.0 Å². The quantitative estimate of drug-likeness (QED) is 0.167. The van der Waals surface area contributed by atoms with Crippen LogP contribution in [0.2, 0.25) is 0 Å². The average molecular weight is 748 g/mol. The van der Waals surface area contributed by atoms with Crippen molar-refractivity contribution in [2.24, 2.45) is 0 Å². The molecule has 12 rings (SSSR count). The fourth-order valence-corrected chi connectivity index (χ4v) is 8.01. The van der Waals surface area contributed by atoms with Crippen LogP contribution in [0.3, 0.4) is 0 Å². The van der Waals surface area contributed by atoms with E-state index in [1.54, 1.807) is 78.9 Å². The third-order valence-electron chi connectivity index (χ3n) is 10.3. The molecule has 12 aromatic rings. The number of rotatable bonds is 5. The smallest absolute Gasteiger partial charge is 0.0783 e. The Labute approximate surface area is 360 Å². The van der Waals surface area contributed by atoms with Crippen molar-refractivity contribution < 1.29 is 30.2 Å². The Morgan fingerprint density at radius 2 is 0.667 bits per heavy atom. The summed E-state index contributed by atoms with van der Waals surface area (Å²) in [5.41, 5.74) is -1.76. The lowest BCUT2D eigenvalue weighted by Crippen LogP contribution is -2.05. The predicted octanol–water partition coefficient (Wildman–Crippen LogP) is 14.3. The lowest BCUT2D eigenvalue weighted by atomic mass is 9.95. The molecule has 57 heavy (non-hydrogen) atoms. The number of fused-ring (bicyclic) bond motifs is 9. The zero-order valence-corrected chi connectivity index (χ0v) is 29.3. The van der Waals surface area contributed by atoms with Crippen molar-refractivity contribution in [3.63, 3.8) is 0 Å². The Hall–Kier alpha value is -7.62. The summed E-state index contributed by atoms with van der Waals surface area (Å²) in [6, 6.07) is 5.49. The minimum atomic E-state index is -0.928. The maximum absolute atomic E-state index is 10.2. The first kappa shape index (κ1) is 17.0. The largest absolute Gasteiger partial charge is 0.307 e. The van der Waals surface area contributed by atoms with Crippen molar-refractivity contribution in [1.29, 1.82) is 0 Å². The van der Waals surface area contributed by atoms with E-state index in [0.717, 1.165) is 9.13 Å². The molecule has 0 aliphatic heterocycles. The summed E-state index contributed by atoms with van der Waals surface area (Å²) in [5.74, 6) is 0. The predicted molar refractivity (Wildman–Crippen MR) is 240 cm³/mol. The Kier molecular flexibility index (Phi) is 3.72. The molecule has 0 N–H and O–H groups in total. The number of aromatic nitrogens is 3. The van der Waals surface area contributed by atoms with E-state index in [1.165, 1.54) is 4.57 Å². The summed E-state index contributed by atoms with van der Waals surface area (Å²) in [6.07, 6.45) is 0. The fraction of sp³-hybridized carbons (Fsp3) is 0. The van der Waals surface area contributed by atoms with Gasteiger partial charge in [-0.25, -0.2) is 0 Å². The minimum absolute atomic E-state index is 0.204. The molecule has 3 heteroatoms. The standard InChI is InChI=1S/C54H35N3/c1-3-18-36(19-4-1)38-26-15-27-39(37-20-5-2-6-21-37)52(38)57-49-33-14-10-25-43(49)45-29-17-35-51(54(45)57)56-48-32-13-9-24-42(48)44-28-16-34-50(53(44)56)55-46-30-11-7-22-40(46)41-23-8-12-31-47(41)55/h1-35H/i7D,8D,9D,10D,11D,12D,13D,14D,16D,17D,22D,23D,24D,25D,28D,29D,30D,31D,32D,33D,34D,35D. The van der Waals surface area contributed by atoms with Crippen molar-refractivity contribution in [2.45, 2.75) is 0 Å². The van der Waals surface area contributed by atoms with Gasteiger partial charge in [0.2, 0.25) is 0 Å². The summed E-state index contributed by atoms with van der Waals surface area (Å²) >= 11 is 0. The van der Waals surface area contributed by atoms with Gasteiger partial charge in [-0.2, -0.15) is 0 Å². The highest BCUT2D eigenvalue weighted by atomic mass is 15.1. The summed E-state index contributed by atoms with van der Waals surface area (Å²) in [4.78, 5) is 0. The first-order valence-corrected chi connectivity index (χ1v) is 17.8. The molecule has 0 unspecified atom stereocenters. The van der Waals surface area contributed by atoms with Crippen LogP contribution >= 0.6 is 0 Å². The molecule has 0 saturated heterocycles. The van der Waals surface area contributed by atoms with E-state index in [0.29, 0.717) is 22.3 Å². The number of para-hydroxylation sites is 7. The van der Waals surface area contributed by atoms with Crippen molar-refractivity contribution in [3.8, 4) is 39.3 Å². The highest BCUT2D eigenvalue weighted by Crippen LogP contribution is 2.45. The van der Waals surface area contributed by atoms with Crippen LogP contribution < -0.4 is 0 Å². The second-order valence-corrected chi connectivity index (χ2v) is 13.2. The van der Waals surface area contributed by atoms with Gasteiger partial charge in [-0.1, -0.05) is 176 Å². The molecule has 0 aliphatic carbocycles. The van der Waals surface area contributed by atoms with Gasteiger partial charge in [0, 0.05) is 43.4 Å². The minimum Gasteiger partial charge on any atom is -0.307 e. The molecular formula is C54H35N3. The van der Waals surface area contributed by atoms with Gasteiger partial charge in [-0.05, 0) is 47.4 Å². The zero-order chi connectivity index (χ0) is 56.6. The van der Waals surface area contributed by atoms with E-state index in [1.807, 2.05) is 0 Å². The average Bonchev–Trinajstić information content (AvgIpc) is 2.47. The summed E-state index contributed by atoms with van der Waals surface area (Å²) in [5, 5.41) is -2.52. The van der Waals surface area contributed by atoms with Crippen LogP contribution in [0, 0.1) is 0 Å². The van der Waals surface area contributed by atoms with E-state index >= 15 is 0 Å². The van der Waals surface area contributed by atoms with Crippen LogP contribution in [0.1, 0.15) is 30.2 Å². The van der Waals surface area contributed by atoms with Gasteiger partial charge in [-0.3, -0.25) is 0 Å². The van der Waals surface area contributed by atoms with Crippen molar-refractivity contribution >= 4 is 65.4 Å². The van der Waals surface area contributed by atoms with Crippen LogP contribution in [-0.2, 0) is 0 Å². The SMILES string of the molecule is [2H]c1c([2H])c([2H])c2c(c1[2H])c1c([2H])c([2H])c([2H])c(-n3c4c([2H])c([2H])c([2H])c([2H])c4c4c([2H])c([2H])c([2H])c(-n5c6c([2H])c([2H])c([2H])c([2H])c6c6c([2H])c([2H])c([2H])c([2H])c65)c43)c1n2-c1c(-c2ccccc2)cccc1-c1ccccc1. The van der Waals surface area contributed by atoms with Crippen molar-refractivity contribution in [1.82, 2.24) is 13.7 Å². The molecule has 0 fully saturated rings. The van der Waals surface area contributed by atoms with Crippen LogP contribution in [0.25, 0.3) is 105 Å². The second kappa shape index (κ2) is 12.5.